The van der Waals surface area contributed by atoms with Crippen LogP contribution in [0.5, 0.6) is 0 Å². The van der Waals surface area contributed by atoms with Gasteiger partial charge in [-0.2, -0.15) is 0 Å². The van der Waals surface area contributed by atoms with Crippen LogP contribution in [-0.4, -0.2) is 39.3 Å². The number of anilines is 1. The molecule has 0 fully saturated rings. The highest BCUT2D eigenvalue weighted by Crippen LogP contribution is 2.27. The maximum atomic E-state index is 4.34. The minimum atomic E-state index is 0.523. The zero-order valence-corrected chi connectivity index (χ0v) is 14.0. The van der Waals surface area contributed by atoms with Crippen molar-refractivity contribution in [1.29, 1.82) is 0 Å². The molecule has 1 aromatic carbocycles. The van der Waals surface area contributed by atoms with E-state index in [9.17, 15) is 0 Å². The Kier molecular flexibility index (Phi) is 4.16. The second kappa shape index (κ2) is 6.08. The van der Waals surface area contributed by atoms with E-state index in [1.807, 2.05) is 14.0 Å². The molecule has 22 heavy (non-hydrogen) atoms. The molecule has 1 aromatic heterocycles. The van der Waals surface area contributed by atoms with Gasteiger partial charge in [0.15, 0.2) is 0 Å². The number of likely N-dealkylation sites (N-methyl/N-ethyl adjacent to an activating group) is 1. The molecule has 2 aromatic rings. The van der Waals surface area contributed by atoms with Crippen LogP contribution >= 0.6 is 0 Å². The summed E-state index contributed by atoms with van der Waals surface area (Å²) in [6.45, 7) is 7.12. The molecule has 0 saturated heterocycles. The van der Waals surface area contributed by atoms with Crippen LogP contribution < -0.4 is 4.90 Å². The molecule has 1 aliphatic heterocycles. The molecule has 0 aliphatic carbocycles. The van der Waals surface area contributed by atoms with Crippen LogP contribution in [0.25, 0.3) is 0 Å². The van der Waals surface area contributed by atoms with Crippen molar-refractivity contribution in [3.63, 3.8) is 0 Å². The second-order valence-corrected chi connectivity index (χ2v) is 6.20. The average Bonchev–Trinajstić information content (AvgIpc) is 2.77. The van der Waals surface area contributed by atoms with Gasteiger partial charge in [-0.05, 0) is 25.0 Å². The first-order valence-electron chi connectivity index (χ1n) is 7.98. The van der Waals surface area contributed by atoms with E-state index in [2.05, 4.69) is 62.8 Å². The number of hydrogen-bond acceptors (Lipinski definition) is 4. The van der Waals surface area contributed by atoms with Crippen molar-refractivity contribution < 1.29 is 0 Å². The molecular formula is C17H25N5. The number of fused-ring (bicyclic) bond motifs is 1. The first kappa shape index (κ1) is 15.0. The Bertz CT molecular complexity index is 648. The van der Waals surface area contributed by atoms with Crippen molar-refractivity contribution in [1.82, 2.24) is 19.7 Å². The van der Waals surface area contributed by atoms with Gasteiger partial charge in [0.25, 0.3) is 0 Å². The summed E-state index contributed by atoms with van der Waals surface area (Å²) in [5.41, 5.74) is 2.73. The van der Waals surface area contributed by atoms with E-state index in [0.29, 0.717) is 6.04 Å². The van der Waals surface area contributed by atoms with Crippen LogP contribution in [0.2, 0.25) is 0 Å². The molecule has 1 atom stereocenters. The number of aryl methyl sites for hydroxylation is 1. The normalized spacial score (nSPS) is 19.1. The van der Waals surface area contributed by atoms with Crippen LogP contribution in [0.3, 0.4) is 0 Å². The van der Waals surface area contributed by atoms with Crippen molar-refractivity contribution >= 4 is 5.69 Å². The molecule has 2 heterocycles. The zero-order valence-electron chi connectivity index (χ0n) is 14.0. The lowest BCUT2D eigenvalue weighted by Crippen LogP contribution is -2.40. The van der Waals surface area contributed by atoms with Gasteiger partial charge in [-0.1, -0.05) is 25.1 Å². The predicted octanol–water partition coefficient (Wildman–Crippen LogP) is 2.35. The van der Waals surface area contributed by atoms with Crippen LogP contribution in [0, 0.1) is 6.92 Å². The van der Waals surface area contributed by atoms with Gasteiger partial charge in [-0.25, -0.2) is 0 Å². The van der Waals surface area contributed by atoms with Crippen molar-refractivity contribution in [2.45, 2.75) is 39.4 Å². The average molecular weight is 299 g/mol. The van der Waals surface area contributed by atoms with Gasteiger partial charge in [0, 0.05) is 38.9 Å². The van der Waals surface area contributed by atoms with E-state index in [1.54, 1.807) is 0 Å². The molecular weight excluding hydrogens is 274 g/mol. The van der Waals surface area contributed by atoms with E-state index >= 15 is 0 Å². The SMILES string of the molecule is CC[C@H]1CN(C)c2ccccc2CN1Cc1nnc(C)n1C. The third-order valence-corrected chi connectivity index (χ3v) is 4.78. The molecule has 0 amide bonds. The molecule has 1 aliphatic rings. The Morgan fingerprint density at radius 3 is 2.64 bits per heavy atom. The molecule has 0 saturated carbocycles. The number of hydrogen-bond donors (Lipinski definition) is 0. The molecule has 118 valence electrons. The van der Waals surface area contributed by atoms with E-state index in [1.165, 1.54) is 11.3 Å². The Hall–Kier alpha value is -1.88. The summed E-state index contributed by atoms with van der Waals surface area (Å²) in [5.74, 6) is 2.01. The molecule has 0 N–H and O–H groups in total. The largest absolute Gasteiger partial charge is 0.373 e. The van der Waals surface area contributed by atoms with Gasteiger partial charge in [0.2, 0.25) is 0 Å². The fourth-order valence-corrected chi connectivity index (χ4v) is 3.24. The maximum Gasteiger partial charge on any atom is 0.146 e. The smallest absolute Gasteiger partial charge is 0.146 e. The van der Waals surface area contributed by atoms with Crippen molar-refractivity contribution in [3.05, 3.63) is 41.5 Å². The van der Waals surface area contributed by atoms with Gasteiger partial charge >= 0.3 is 0 Å². The number of para-hydroxylation sites is 1. The summed E-state index contributed by atoms with van der Waals surface area (Å²) in [6, 6.07) is 9.23. The summed E-state index contributed by atoms with van der Waals surface area (Å²) < 4.78 is 2.09. The highest BCUT2D eigenvalue weighted by molar-refractivity contribution is 5.54. The molecule has 3 rings (SSSR count). The van der Waals surface area contributed by atoms with Crippen LogP contribution in [0.1, 0.15) is 30.6 Å². The first-order chi connectivity index (χ1) is 10.6. The summed E-state index contributed by atoms with van der Waals surface area (Å²) in [5, 5.41) is 8.53. The lowest BCUT2D eigenvalue weighted by Gasteiger charge is -2.30. The van der Waals surface area contributed by atoms with Crippen molar-refractivity contribution in [3.8, 4) is 0 Å². The molecule has 0 radical (unpaired) electrons. The summed E-state index contributed by atoms with van der Waals surface area (Å²) in [6.07, 6.45) is 1.13. The van der Waals surface area contributed by atoms with E-state index < -0.39 is 0 Å². The van der Waals surface area contributed by atoms with Crippen LogP contribution in [-0.2, 0) is 20.1 Å². The summed E-state index contributed by atoms with van der Waals surface area (Å²) in [7, 11) is 4.24. The third kappa shape index (κ3) is 2.73. The topological polar surface area (TPSA) is 37.2 Å². The maximum absolute atomic E-state index is 4.34. The van der Waals surface area contributed by atoms with Gasteiger partial charge < -0.3 is 9.47 Å². The molecule has 5 nitrogen and oxygen atoms in total. The quantitative estimate of drug-likeness (QED) is 0.872. The molecule has 0 spiro atoms. The van der Waals surface area contributed by atoms with Crippen LogP contribution in [0.15, 0.2) is 24.3 Å². The van der Waals surface area contributed by atoms with Gasteiger partial charge in [0.05, 0.1) is 6.54 Å². The molecule has 0 unspecified atom stereocenters. The Labute approximate surface area is 132 Å². The van der Waals surface area contributed by atoms with Gasteiger partial charge in [-0.3, -0.25) is 4.90 Å². The van der Waals surface area contributed by atoms with E-state index in [-0.39, 0.29) is 0 Å². The second-order valence-electron chi connectivity index (χ2n) is 6.20. The Balaban J connectivity index is 1.90. The minimum Gasteiger partial charge on any atom is -0.373 e. The number of nitrogens with zero attached hydrogens (tertiary/aromatic N) is 5. The van der Waals surface area contributed by atoms with Crippen molar-refractivity contribution in [2.24, 2.45) is 7.05 Å². The van der Waals surface area contributed by atoms with E-state index in [4.69, 9.17) is 0 Å². The Morgan fingerprint density at radius 1 is 1.18 bits per heavy atom. The zero-order chi connectivity index (χ0) is 15.7. The first-order valence-corrected chi connectivity index (χ1v) is 7.98. The van der Waals surface area contributed by atoms with E-state index in [0.717, 1.165) is 37.7 Å². The standard InChI is InChI=1S/C17H25N5/c1-5-15-11-20(3)16-9-7-6-8-14(16)10-22(15)12-17-19-18-13(2)21(17)4/h6-9,15H,5,10-12H2,1-4H3/t15-/m0/s1. The van der Waals surface area contributed by atoms with Crippen molar-refractivity contribution in [2.75, 3.05) is 18.5 Å². The highest BCUT2D eigenvalue weighted by Gasteiger charge is 2.26. The predicted molar refractivity (Wildman–Crippen MR) is 88.8 cm³/mol. The molecule has 0 bridgehead atoms. The van der Waals surface area contributed by atoms with Gasteiger partial charge in [-0.15, -0.1) is 10.2 Å². The molecule has 5 heteroatoms. The lowest BCUT2D eigenvalue weighted by molar-refractivity contribution is 0.175. The fourth-order valence-electron chi connectivity index (χ4n) is 3.24. The third-order valence-electron chi connectivity index (χ3n) is 4.78. The lowest BCUT2D eigenvalue weighted by atomic mass is 10.1. The Morgan fingerprint density at radius 2 is 1.95 bits per heavy atom. The highest BCUT2D eigenvalue weighted by atomic mass is 15.3. The fraction of sp³-hybridized carbons (Fsp3) is 0.529. The number of benzene rings is 1. The van der Waals surface area contributed by atoms with Gasteiger partial charge in [0.1, 0.15) is 11.6 Å². The minimum absolute atomic E-state index is 0.523. The summed E-state index contributed by atoms with van der Waals surface area (Å²) >= 11 is 0. The monoisotopic (exact) mass is 299 g/mol. The number of rotatable bonds is 3. The van der Waals surface area contributed by atoms with Crippen LogP contribution in [0.4, 0.5) is 5.69 Å². The number of aromatic nitrogens is 3. The summed E-state index contributed by atoms with van der Waals surface area (Å²) in [4.78, 5) is 4.91.